The van der Waals surface area contributed by atoms with Crippen molar-refractivity contribution in [2.24, 2.45) is 0 Å². The zero-order chi connectivity index (χ0) is 55.8. The van der Waals surface area contributed by atoms with Crippen molar-refractivity contribution in [1.29, 1.82) is 0 Å². The Hall–Kier alpha value is -1.87. The maximum atomic E-state index is 14.2. The summed E-state index contributed by atoms with van der Waals surface area (Å²) in [5.41, 5.74) is 0. The highest BCUT2D eigenvalue weighted by Crippen LogP contribution is 2.18. The Morgan fingerprint density at radius 3 is 1.32 bits per heavy atom. The number of hydrogen-bond acceptors (Lipinski definition) is 12. The normalized spacial score (nSPS) is 12.6. The van der Waals surface area contributed by atoms with Gasteiger partial charge in [-0.1, -0.05) is 176 Å². The molecule has 0 aromatic rings. The number of nitrogens with zero attached hydrogens (tertiary/aromatic N) is 2. The zero-order valence-corrected chi connectivity index (χ0v) is 51.1. The molecule has 0 N–H and O–H groups in total. The first-order chi connectivity index (χ1) is 37.1. The van der Waals surface area contributed by atoms with Crippen LogP contribution in [0.15, 0.2) is 0 Å². The predicted molar refractivity (Wildman–Crippen MR) is 313 cm³/mol. The lowest BCUT2D eigenvalue weighted by molar-refractivity contribution is -0.155. The van der Waals surface area contributed by atoms with Crippen molar-refractivity contribution >= 4 is 17.8 Å². The zero-order valence-electron chi connectivity index (χ0n) is 51.1. The third-order valence-corrected chi connectivity index (χ3v) is 14.0. The number of unbranched alkanes of at least 4 members (excludes halogenated alkanes) is 22. The lowest BCUT2D eigenvalue weighted by Gasteiger charge is -2.32. The third kappa shape index (κ3) is 49.2. The predicted octanol–water partition coefficient (Wildman–Crippen LogP) is 15.9. The monoisotopic (exact) mass is 1080 g/mol. The molecule has 452 valence electrons. The second-order valence-corrected chi connectivity index (χ2v) is 21.8. The van der Waals surface area contributed by atoms with Gasteiger partial charge in [0.05, 0.1) is 19.1 Å². The lowest BCUT2D eigenvalue weighted by Crippen LogP contribution is -2.47. The van der Waals surface area contributed by atoms with E-state index in [0.717, 1.165) is 122 Å². The van der Waals surface area contributed by atoms with Gasteiger partial charge in [0.2, 0.25) is 5.91 Å². The Bertz CT molecular complexity index is 1210. The molecule has 0 spiro atoms. The van der Waals surface area contributed by atoms with Crippen LogP contribution in [0.25, 0.3) is 0 Å². The summed E-state index contributed by atoms with van der Waals surface area (Å²) in [6, 6.07) is -0.555. The molecule has 0 bridgehead atoms. The highest BCUT2D eigenvalue weighted by Gasteiger charge is 2.27. The molecule has 0 radical (unpaired) electrons. The molecule has 2 unspecified atom stereocenters. The molecule has 0 rings (SSSR count). The Morgan fingerprint density at radius 2 is 0.829 bits per heavy atom. The van der Waals surface area contributed by atoms with Crippen LogP contribution in [0, 0.1) is 0 Å². The number of ether oxygens (including phenoxy) is 8. The minimum Gasteiger partial charge on any atom is -0.463 e. The first-order valence-electron chi connectivity index (χ1n) is 32.1. The van der Waals surface area contributed by atoms with Crippen LogP contribution in [-0.2, 0) is 52.3 Å². The van der Waals surface area contributed by atoms with Crippen LogP contribution < -0.4 is 0 Å². The van der Waals surface area contributed by atoms with Gasteiger partial charge in [-0.2, -0.15) is 0 Å². The Labute approximate surface area is 468 Å². The van der Waals surface area contributed by atoms with E-state index in [9.17, 15) is 14.4 Å². The van der Waals surface area contributed by atoms with Crippen molar-refractivity contribution in [1.82, 2.24) is 9.80 Å². The lowest BCUT2D eigenvalue weighted by atomic mass is 10.1. The van der Waals surface area contributed by atoms with E-state index in [1.54, 1.807) is 4.90 Å². The molecule has 2 atom stereocenters. The van der Waals surface area contributed by atoms with Gasteiger partial charge in [-0.05, 0) is 111 Å². The van der Waals surface area contributed by atoms with Crippen LogP contribution in [0.2, 0.25) is 0 Å². The largest absolute Gasteiger partial charge is 0.463 e. The standard InChI is InChI=1S/C63H124N2O11/c1-9-15-20-25-35-50-71-62(72-51-36-26-21-16-10-2)43-31-29-34-49-69-56-70-54-57(65(48-39-47-64(7)8)59(66)45-46-61(68)76-58(40-14-6)41-30-24-19-13-5)55-75-60(67)42-32-33-44-63(73-52-37-27-22-17-11-3)74-53-38-28-23-18-12-4/h57-58,62-63H,9-56H2,1-8H3. The van der Waals surface area contributed by atoms with Gasteiger partial charge >= 0.3 is 11.9 Å². The quantitative estimate of drug-likeness (QED) is 0.0326. The summed E-state index contributed by atoms with van der Waals surface area (Å²) >= 11 is 0. The van der Waals surface area contributed by atoms with Crippen molar-refractivity contribution in [3.63, 3.8) is 0 Å². The minimum absolute atomic E-state index is 0.00209. The van der Waals surface area contributed by atoms with Crippen molar-refractivity contribution in [2.45, 2.75) is 310 Å². The van der Waals surface area contributed by atoms with Gasteiger partial charge < -0.3 is 47.7 Å². The van der Waals surface area contributed by atoms with Gasteiger partial charge in [-0.25, -0.2) is 0 Å². The molecule has 0 aliphatic heterocycles. The van der Waals surface area contributed by atoms with Crippen LogP contribution in [0.5, 0.6) is 0 Å². The summed E-state index contributed by atoms with van der Waals surface area (Å²) in [5, 5.41) is 0. The fraction of sp³-hybridized carbons (Fsp3) is 0.952. The van der Waals surface area contributed by atoms with Crippen LogP contribution >= 0.6 is 0 Å². The molecule has 0 aromatic heterocycles. The first-order valence-corrected chi connectivity index (χ1v) is 32.1. The van der Waals surface area contributed by atoms with Gasteiger partial charge in [-0.15, -0.1) is 0 Å². The van der Waals surface area contributed by atoms with E-state index in [1.165, 1.54) is 109 Å². The maximum Gasteiger partial charge on any atom is 0.306 e. The van der Waals surface area contributed by atoms with Crippen LogP contribution in [0.3, 0.4) is 0 Å². The van der Waals surface area contributed by atoms with Crippen molar-refractivity contribution < 1.29 is 52.3 Å². The number of carbonyl (C=O) groups is 3. The molecular formula is C63H124N2O11. The molecule has 0 aromatic carbocycles. The maximum absolute atomic E-state index is 14.2. The molecule has 76 heavy (non-hydrogen) atoms. The summed E-state index contributed by atoms with van der Waals surface area (Å²) in [6.07, 6.45) is 37.3. The smallest absolute Gasteiger partial charge is 0.306 e. The second-order valence-electron chi connectivity index (χ2n) is 21.8. The Morgan fingerprint density at radius 1 is 0.382 bits per heavy atom. The molecule has 0 saturated heterocycles. The summed E-state index contributed by atoms with van der Waals surface area (Å²) in [7, 11) is 4.01. The highest BCUT2D eigenvalue weighted by atomic mass is 16.7. The average molecular weight is 1090 g/mol. The van der Waals surface area contributed by atoms with Gasteiger partial charge in [0.1, 0.15) is 19.5 Å². The fourth-order valence-corrected chi connectivity index (χ4v) is 9.22. The fourth-order valence-electron chi connectivity index (χ4n) is 9.22. The van der Waals surface area contributed by atoms with E-state index in [2.05, 4.69) is 46.4 Å². The van der Waals surface area contributed by atoms with Crippen molar-refractivity contribution in [3.05, 3.63) is 0 Å². The molecule has 0 aliphatic carbocycles. The molecule has 0 fully saturated rings. The molecular weight excluding hydrogens is 961 g/mol. The number of hydrogen-bond donors (Lipinski definition) is 0. The van der Waals surface area contributed by atoms with Crippen LogP contribution in [-0.4, -0.2) is 133 Å². The molecule has 0 saturated carbocycles. The summed E-state index contributed by atoms with van der Waals surface area (Å²) < 4.78 is 48.8. The molecule has 0 heterocycles. The van der Waals surface area contributed by atoms with E-state index < -0.39 is 6.04 Å². The van der Waals surface area contributed by atoms with Crippen LogP contribution in [0.4, 0.5) is 0 Å². The SMILES string of the molecule is CCCCCCCOC(CCCCCOCOCC(COC(=O)CCCCC(OCCCCCCC)OCCCCCCC)N(CCCN(C)C)C(=O)CCC(=O)OC(CCC)CCCCCC)OCCCCCCC. The van der Waals surface area contributed by atoms with E-state index >= 15 is 0 Å². The number of esters is 2. The Kier molecular flexibility index (Phi) is 56.4. The number of rotatable bonds is 61. The third-order valence-electron chi connectivity index (χ3n) is 14.0. The van der Waals surface area contributed by atoms with Crippen LogP contribution in [0.1, 0.15) is 286 Å². The first kappa shape index (κ1) is 74.1. The Balaban J connectivity index is 5.66. The van der Waals surface area contributed by atoms with E-state index in [-0.39, 0.29) is 75.8 Å². The topological polar surface area (TPSA) is 132 Å². The molecule has 0 aliphatic rings. The summed E-state index contributed by atoms with van der Waals surface area (Å²) in [6.45, 7) is 18.0. The van der Waals surface area contributed by atoms with Crippen molar-refractivity contribution in [3.8, 4) is 0 Å². The van der Waals surface area contributed by atoms with E-state index in [0.29, 0.717) is 39.2 Å². The number of amides is 1. The molecule has 13 heteroatoms. The van der Waals surface area contributed by atoms with E-state index in [1.807, 2.05) is 14.1 Å². The van der Waals surface area contributed by atoms with Gasteiger partial charge in [0.15, 0.2) is 12.6 Å². The van der Waals surface area contributed by atoms with Gasteiger partial charge in [0.25, 0.3) is 0 Å². The molecule has 13 nitrogen and oxygen atoms in total. The number of carbonyl (C=O) groups excluding carboxylic acids is 3. The summed E-state index contributed by atoms with van der Waals surface area (Å²) in [4.78, 5) is 44.6. The minimum atomic E-state index is -0.555. The average Bonchev–Trinajstić information content (AvgIpc) is 3.40. The van der Waals surface area contributed by atoms with E-state index in [4.69, 9.17) is 37.9 Å². The van der Waals surface area contributed by atoms with Gasteiger partial charge in [0, 0.05) is 52.4 Å². The summed E-state index contributed by atoms with van der Waals surface area (Å²) in [5.74, 6) is -0.836. The highest BCUT2D eigenvalue weighted by molar-refractivity contribution is 5.81. The second kappa shape index (κ2) is 57.8. The molecule has 1 amide bonds. The van der Waals surface area contributed by atoms with Crippen molar-refractivity contribution in [2.75, 3.05) is 80.2 Å². The van der Waals surface area contributed by atoms with Gasteiger partial charge in [-0.3, -0.25) is 14.4 Å².